The van der Waals surface area contributed by atoms with Crippen LogP contribution < -0.4 is 5.73 Å². The summed E-state index contributed by atoms with van der Waals surface area (Å²) >= 11 is 0. The molecule has 3 nitrogen and oxygen atoms in total. The number of rotatable bonds is 0. The van der Waals surface area contributed by atoms with E-state index >= 15 is 0 Å². The van der Waals surface area contributed by atoms with Gasteiger partial charge in [0.25, 0.3) is 6.01 Å². The van der Waals surface area contributed by atoms with Crippen LogP contribution in [0.25, 0.3) is 11.1 Å². The molecule has 0 bridgehead atoms. The monoisotopic (exact) mass is 204 g/mol. The Labute approximate surface area is 89.3 Å². The van der Waals surface area contributed by atoms with Gasteiger partial charge in [0.1, 0.15) is 5.52 Å². The number of hydrogen-bond donors (Lipinski definition) is 1. The lowest BCUT2D eigenvalue weighted by molar-refractivity contribution is 0.589. The lowest BCUT2D eigenvalue weighted by Crippen LogP contribution is -2.13. The molecule has 0 atom stereocenters. The maximum absolute atomic E-state index is 5.58. The Kier molecular flexibility index (Phi) is 2.00. The van der Waals surface area contributed by atoms with Crippen LogP contribution in [0.3, 0.4) is 0 Å². The quantitative estimate of drug-likeness (QED) is 0.717. The summed E-state index contributed by atoms with van der Waals surface area (Å²) in [6, 6.07) is 4.21. The summed E-state index contributed by atoms with van der Waals surface area (Å²) in [5.74, 6) is 0. The summed E-state index contributed by atoms with van der Waals surface area (Å²) in [7, 11) is 0. The van der Waals surface area contributed by atoms with E-state index in [1.54, 1.807) is 0 Å². The Balaban J connectivity index is 2.85. The van der Waals surface area contributed by atoms with Crippen molar-refractivity contribution in [3.8, 4) is 0 Å². The first-order valence-electron chi connectivity index (χ1n) is 5.05. The van der Waals surface area contributed by atoms with Crippen LogP contribution in [0.15, 0.2) is 16.5 Å². The van der Waals surface area contributed by atoms with Gasteiger partial charge in [-0.05, 0) is 29.5 Å². The first kappa shape index (κ1) is 10.0. The first-order valence-corrected chi connectivity index (χ1v) is 5.05. The second kappa shape index (κ2) is 2.99. The molecule has 0 spiro atoms. The molecular weight excluding hydrogens is 188 g/mol. The van der Waals surface area contributed by atoms with E-state index in [-0.39, 0.29) is 11.4 Å². The minimum absolute atomic E-state index is 0.0485. The summed E-state index contributed by atoms with van der Waals surface area (Å²) in [6.45, 7) is 8.59. The second-order valence-electron chi connectivity index (χ2n) is 4.91. The van der Waals surface area contributed by atoms with Crippen molar-refractivity contribution in [2.45, 2.75) is 33.1 Å². The van der Waals surface area contributed by atoms with Crippen LogP contribution in [0.5, 0.6) is 0 Å². The zero-order chi connectivity index (χ0) is 11.2. The molecule has 0 aliphatic heterocycles. The molecule has 15 heavy (non-hydrogen) atoms. The molecule has 1 heterocycles. The van der Waals surface area contributed by atoms with E-state index in [2.05, 4.69) is 32.7 Å². The molecule has 0 amide bonds. The predicted molar refractivity (Wildman–Crippen MR) is 61.9 cm³/mol. The number of nitrogens with zero attached hydrogens (tertiary/aromatic N) is 1. The molecule has 1 aromatic carbocycles. The SMILES string of the molecule is Cc1ccc2oc(N)nc2c1C(C)(C)C. The van der Waals surface area contributed by atoms with Crippen molar-refractivity contribution >= 4 is 17.1 Å². The number of nitrogen functional groups attached to an aromatic ring is 1. The minimum atomic E-state index is 0.0485. The van der Waals surface area contributed by atoms with Gasteiger partial charge in [-0.25, -0.2) is 0 Å². The first-order chi connectivity index (χ1) is 6.89. The zero-order valence-corrected chi connectivity index (χ0v) is 9.59. The molecule has 2 N–H and O–H groups in total. The molecule has 80 valence electrons. The van der Waals surface area contributed by atoms with Crippen molar-refractivity contribution in [3.63, 3.8) is 0 Å². The normalized spacial score (nSPS) is 12.3. The van der Waals surface area contributed by atoms with Crippen molar-refractivity contribution in [3.05, 3.63) is 23.3 Å². The lowest BCUT2D eigenvalue weighted by atomic mass is 9.83. The van der Waals surface area contributed by atoms with E-state index in [0.29, 0.717) is 0 Å². The number of hydrogen-bond acceptors (Lipinski definition) is 3. The van der Waals surface area contributed by atoms with Crippen molar-refractivity contribution in [1.29, 1.82) is 0 Å². The van der Waals surface area contributed by atoms with Crippen LogP contribution in [-0.4, -0.2) is 4.98 Å². The highest BCUT2D eigenvalue weighted by atomic mass is 16.4. The molecule has 1 aromatic heterocycles. The van der Waals surface area contributed by atoms with E-state index < -0.39 is 0 Å². The number of benzene rings is 1. The van der Waals surface area contributed by atoms with E-state index in [1.807, 2.05) is 12.1 Å². The fourth-order valence-electron chi connectivity index (χ4n) is 2.06. The van der Waals surface area contributed by atoms with Crippen molar-refractivity contribution in [2.24, 2.45) is 0 Å². The van der Waals surface area contributed by atoms with E-state index in [1.165, 1.54) is 11.1 Å². The third kappa shape index (κ3) is 1.58. The Morgan fingerprint density at radius 2 is 1.93 bits per heavy atom. The largest absolute Gasteiger partial charge is 0.424 e. The second-order valence-corrected chi connectivity index (χ2v) is 4.91. The van der Waals surface area contributed by atoms with Gasteiger partial charge >= 0.3 is 0 Å². The molecule has 0 fully saturated rings. The summed E-state index contributed by atoms with van der Waals surface area (Å²) in [5.41, 5.74) is 9.71. The predicted octanol–water partition coefficient (Wildman–Crippen LogP) is 3.02. The topological polar surface area (TPSA) is 52.0 Å². The highest BCUT2D eigenvalue weighted by molar-refractivity contribution is 5.80. The van der Waals surface area contributed by atoms with Gasteiger partial charge in [-0.3, -0.25) is 0 Å². The van der Waals surface area contributed by atoms with Gasteiger partial charge in [0.2, 0.25) is 0 Å². The molecule has 0 saturated heterocycles. The van der Waals surface area contributed by atoms with Gasteiger partial charge in [-0.2, -0.15) is 4.98 Å². The van der Waals surface area contributed by atoms with Crippen LogP contribution in [0.1, 0.15) is 31.9 Å². The number of aromatic nitrogens is 1. The third-order valence-electron chi connectivity index (χ3n) is 2.54. The summed E-state index contributed by atoms with van der Waals surface area (Å²) in [5, 5.41) is 0. The Morgan fingerprint density at radius 3 is 2.53 bits per heavy atom. The fraction of sp³-hybridized carbons (Fsp3) is 0.417. The van der Waals surface area contributed by atoms with Gasteiger partial charge in [0, 0.05) is 0 Å². The van der Waals surface area contributed by atoms with Crippen molar-refractivity contribution in [2.75, 3.05) is 5.73 Å². The van der Waals surface area contributed by atoms with Crippen molar-refractivity contribution in [1.82, 2.24) is 4.98 Å². The highest BCUT2D eigenvalue weighted by Crippen LogP contribution is 2.33. The van der Waals surface area contributed by atoms with Gasteiger partial charge in [-0.1, -0.05) is 26.8 Å². The molecule has 0 aliphatic rings. The minimum Gasteiger partial charge on any atom is -0.424 e. The van der Waals surface area contributed by atoms with Crippen LogP contribution in [0.2, 0.25) is 0 Å². The van der Waals surface area contributed by atoms with E-state index in [4.69, 9.17) is 10.2 Å². The summed E-state index contributed by atoms with van der Waals surface area (Å²) < 4.78 is 5.33. The van der Waals surface area contributed by atoms with Crippen LogP contribution in [-0.2, 0) is 5.41 Å². The molecule has 0 radical (unpaired) electrons. The van der Waals surface area contributed by atoms with Gasteiger partial charge < -0.3 is 10.2 Å². The smallest absolute Gasteiger partial charge is 0.292 e. The molecule has 2 rings (SSSR count). The third-order valence-corrected chi connectivity index (χ3v) is 2.54. The lowest BCUT2D eigenvalue weighted by Gasteiger charge is -2.21. The number of fused-ring (bicyclic) bond motifs is 1. The maximum Gasteiger partial charge on any atom is 0.292 e. The Hall–Kier alpha value is -1.51. The summed E-state index contributed by atoms with van der Waals surface area (Å²) in [4.78, 5) is 4.25. The van der Waals surface area contributed by atoms with E-state index in [0.717, 1.165) is 11.1 Å². The van der Waals surface area contributed by atoms with Gasteiger partial charge in [-0.15, -0.1) is 0 Å². The molecule has 3 heteroatoms. The number of nitrogens with two attached hydrogens (primary N) is 1. The number of oxazole rings is 1. The van der Waals surface area contributed by atoms with Crippen molar-refractivity contribution < 1.29 is 4.42 Å². The average Bonchev–Trinajstić information content (AvgIpc) is 2.41. The number of anilines is 1. The molecule has 2 aromatic rings. The highest BCUT2D eigenvalue weighted by Gasteiger charge is 2.22. The van der Waals surface area contributed by atoms with Gasteiger partial charge in [0.05, 0.1) is 0 Å². The van der Waals surface area contributed by atoms with E-state index in [9.17, 15) is 0 Å². The van der Waals surface area contributed by atoms with Crippen LogP contribution in [0, 0.1) is 6.92 Å². The standard InChI is InChI=1S/C12H16N2O/c1-7-5-6-8-10(14-11(13)15-8)9(7)12(2,3)4/h5-6H,1-4H3,(H2,13,14). The maximum atomic E-state index is 5.58. The average molecular weight is 204 g/mol. The van der Waals surface area contributed by atoms with Crippen LogP contribution >= 0.6 is 0 Å². The fourth-order valence-corrected chi connectivity index (χ4v) is 2.06. The summed E-state index contributed by atoms with van der Waals surface area (Å²) in [6.07, 6.45) is 0. The zero-order valence-electron chi connectivity index (χ0n) is 9.59. The van der Waals surface area contributed by atoms with Crippen LogP contribution in [0.4, 0.5) is 6.01 Å². The molecular formula is C12H16N2O. The van der Waals surface area contributed by atoms with Gasteiger partial charge in [0.15, 0.2) is 5.58 Å². The molecule has 0 saturated carbocycles. The Bertz CT molecular complexity index is 506. The number of aryl methyl sites for hydroxylation is 1. The molecule has 0 unspecified atom stereocenters. The Morgan fingerprint density at radius 1 is 1.27 bits per heavy atom. The molecule has 0 aliphatic carbocycles.